The molecule has 0 bridgehead atoms. The van der Waals surface area contributed by atoms with Gasteiger partial charge in [-0.05, 0) is 30.8 Å². The minimum atomic E-state index is -2.54. The molecular formula is C14H18NO3P. The Bertz CT molecular complexity index is 433. The molecule has 19 heavy (non-hydrogen) atoms. The van der Waals surface area contributed by atoms with Gasteiger partial charge in [0.1, 0.15) is 11.5 Å². The number of nitrogens with two attached hydrogens (primary N) is 1. The van der Waals surface area contributed by atoms with Gasteiger partial charge in [0.2, 0.25) is 0 Å². The van der Waals surface area contributed by atoms with Crippen molar-refractivity contribution in [3.8, 4) is 11.5 Å². The largest absolute Gasteiger partial charge is 0.418 e. The second kappa shape index (κ2) is 9.20. The molecule has 2 aromatic carbocycles. The molecule has 0 fully saturated rings. The lowest BCUT2D eigenvalue weighted by Gasteiger charge is -2.07. The lowest BCUT2D eigenvalue weighted by Crippen LogP contribution is -1.87. The van der Waals surface area contributed by atoms with Crippen LogP contribution in [-0.2, 0) is 4.57 Å². The Labute approximate surface area is 114 Å². The van der Waals surface area contributed by atoms with E-state index in [4.69, 9.17) is 14.8 Å². The van der Waals surface area contributed by atoms with E-state index < -0.39 is 8.25 Å². The fourth-order valence-corrected chi connectivity index (χ4v) is 1.89. The van der Waals surface area contributed by atoms with Crippen molar-refractivity contribution >= 4 is 8.25 Å². The molecule has 0 aliphatic carbocycles. The smallest absolute Gasteiger partial charge is 0.418 e. The van der Waals surface area contributed by atoms with Crippen LogP contribution < -0.4 is 14.8 Å². The Kier molecular flexibility index (Phi) is 7.40. The molecule has 2 rings (SSSR count). The summed E-state index contributed by atoms with van der Waals surface area (Å²) >= 11 is 0. The maximum absolute atomic E-state index is 11.5. The van der Waals surface area contributed by atoms with Crippen molar-refractivity contribution in [2.24, 2.45) is 5.73 Å². The van der Waals surface area contributed by atoms with Gasteiger partial charge in [0.05, 0.1) is 0 Å². The lowest BCUT2D eigenvalue weighted by molar-refractivity contribution is 0.415. The van der Waals surface area contributed by atoms with E-state index in [0.29, 0.717) is 11.5 Å². The van der Waals surface area contributed by atoms with Gasteiger partial charge in [0.15, 0.2) is 0 Å². The second-order valence-electron chi connectivity index (χ2n) is 3.49. The summed E-state index contributed by atoms with van der Waals surface area (Å²) in [5.74, 6) is 1.09. The second-order valence-corrected chi connectivity index (χ2v) is 4.40. The predicted molar refractivity (Wildman–Crippen MR) is 77.9 cm³/mol. The minimum absolute atomic E-state index is 0.544. The van der Waals surface area contributed by atoms with Gasteiger partial charge >= 0.3 is 8.25 Å². The molecular weight excluding hydrogens is 261 g/mol. The molecule has 0 heterocycles. The van der Waals surface area contributed by atoms with Crippen LogP contribution in [-0.4, -0.2) is 6.54 Å². The summed E-state index contributed by atoms with van der Waals surface area (Å²) in [6.07, 6.45) is 0. The first-order chi connectivity index (χ1) is 9.26. The average molecular weight is 279 g/mol. The van der Waals surface area contributed by atoms with Crippen molar-refractivity contribution in [3.63, 3.8) is 0 Å². The number of hydrogen-bond acceptors (Lipinski definition) is 4. The zero-order chi connectivity index (χ0) is 13.9. The summed E-state index contributed by atoms with van der Waals surface area (Å²) in [5.41, 5.74) is 4.85. The van der Waals surface area contributed by atoms with Gasteiger partial charge in [0.25, 0.3) is 0 Å². The van der Waals surface area contributed by atoms with E-state index in [1.54, 1.807) is 24.3 Å². The van der Waals surface area contributed by atoms with E-state index in [-0.39, 0.29) is 0 Å². The highest BCUT2D eigenvalue weighted by molar-refractivity contribution is 7.34. The van der Waals surface area contributed by atoms with Crippen molar-refractivity contribution in [1.82, 2.24) is 0 Å². The number of rotatable bonds is 4. The van der Waals surface area contributed by atoms with Gasteiger partial charge in [-0.2, -0.15) is 0 Å². The predicted octanol–water partition coefficient (Wildman–Crippen LogP) is 3.50. The maximum atomic E-state index is 11.5. The van der Waals surface area contributed by atoms with Gasteiger partial charge in [-0.15, -0.1) is 0 Å². The van der Waals surface area contributed by atoms with Crippen LogP contribution in [0, 0.1) is 0 Å². The summed E-state index contributed by atoms with van der Waals surface area (Å²) < 4.78 is 21.8. The summed E-state index contributed by atoms with van der Waals surface area (Å²) in [6.45, 7) is 2.65. The van der Waals surface area contributed by atoms with Crippen LogP contribution in [0.3, 0.4) is 0 Å². The van der Waals surface area contributed by atoms with Crippen LogP contribution in [0.15, 0.2) is 60.7 Å². The number of hydrogen-bond donors (Lipinski definition) is 1. The van der Waals surface area contributed by atoms with E-state index in [0.717, 1.165) is 6.54 Å². The van der Waals surface area contributed by atoms with Gasteiger partial charge in [-0.3, -0.25) is 0 Å². The summed E-state index contributed by atoms with van der Waals surface area (Å²) in [5, 5.41) is 0. The van der Waals surface area contributed by atoms with Gasteiger partial charge in [-0.1, -0.05) is 43.3 Å². The molecule has 0 amide bonds. The van der Waals surface area contributed by atoms with E-state index in [1.165, 1.54) is 0 Å². The first-order valence-electron chi connectivity index (χ1n) is 5.96. The fraction of sp³-hybridized carbons (Fsp3) is 0.143. The third-order valence-electron chi connectivity index (χ3n) is 1.89. The van der Waals surface area contributed by atoms with Crippen molar-refractivity contribution in [3.05, 3.63) is 60.7 Å². The van der Waals surface area contributed by atoms with Gasteiger partial charge in [0, 0.05) is 0 Å². The number of benzene rings is 2. The standard InChI is InChI=1S/C12H11O3P.C2H7N/c13-16(14-11-7-3-1-4-8-11)15-12-9-5-2-6-10-12;1-2-3/h1-10,16H;2-3H2,1H3. The van der Waals surface area contributed by atoms with Crippen molar-refractivity contribution < 1.29 is 13.6 Å². The molecule has 0 aliphatic rings. The van der Waals surface area contributed by atoms with Crippen LogP contribution >= 0.6 is 8.25 Å². The first kappa shape index (κ1) is 15.3. The molecule has 0 saturated carbocycles. The Balaban J connectivity index is 0.000000550. The zero-order valence-electron chi connectivity index (χ0n) is 10.8. The van der Waals surface area contributed by atoms with Gasteiger partial charge in [-0.25, -0.2) is 4.57 Å². The van der Waals surface area contributed by atoms with Crippen LogP contribution in [0.2, 0.25) is 0 Å². The third kappa shape index (κ3) is 6.65. The zero-order valence-corrected chi connectivity index (χ0v) is 11.8. The molecule has 0 unspecified atom stereocenters. The Morgan fingerprint density at radius 3 is 1.53 bits per heavy atom. The molecule has 0 saturated heterocycles. The molecule has 102 valence electrons. The Hall–Kier alpha value is -1.77. The SMILES string of the molecule is CCN.O=[PH](Oc1ccccc1)Oc1ccccc1. The highest BCUT2D eigenvalue weighted by Gasteiger charge is 2.02. The monoisotopic (exact) mass is 279 g/mol. The van der Waals surface area contributed by atoms with E-state index in [2.05, 4.69) is 0 Å². The van der Waals surface area contributed by atoms with Crippen LogP contribution in [0.25, 0.3) is 0 Å². The molecule has 2 N–H and O–H groups in total. The molecule has 0 aliphatic heterocycles. The Morgan fingerprint density at radius 1 is 0.895 bits per heavy atom. The molecule has 0 atom stereocenters. The quantitative estimate of drug-likeness (QED) is 0.870. The minimum Gasteiger partial charge on any atom is -0.418 e. The van der Waals surface area contributed by atoms with E-state index in [9.17, 15) is 4.57 Å². The van der Waals surface area contributed by atoms with Crippen molar-refractivity contribution in [2.75, 3.05) is 6.54 Å². The summed E-state index contributed by atoms with van der Waals surface area (Å²) in [6, 6.07) is 17.9. The molecule has 2 aromatic rings. The van der Waals surface area contributed by atoms with Crippen LogP contribution in [0.1, 0.15) is 6.92 Å². The fourth-order valence-electron chi connectivity index (χ4n) is 1.19. The Morgan fingerprint density at radius 2 is 1.21 bits per heavy atom. The maximum Gasteiger partial charge on any atom is 0.418 e. The first-order valence-corrected chi connectivity index (χ1v) is 7.18. The highest BCUT2D eigenvalue weighted by atomic mass is 31.1. The van der Waals surface area contributed by atoms with E-state index in [1.807, 2.05) is 43.3 Å². The topological polar surface area (TPSA) is 61.6 Å². The molecule has 0 radical (unpaired) electrons. The van der Waals surface area contributed by atoms with Crippen molar-refractivity contribution in [1.29, 1.82) is 0 Å². The summed E-state index contributed by atoms with van der Waals surface area (Å²) in [7, 11) is -2.54. The van der Waals surface area contributed by atoms with Crippen molar-refractivity contribution in [2.45, 2.75) is 6.92 Å². The molecule has 0 spiro atoms. The lowest BCUT2D eigenvalue weighted by atomic mass is 10.3. The third-order valence-corrected chi connectivity index (χ3v) is 2.69. The van der Waals surface area contributed by atoms with Crippen LogP contribution in [0.4, 0.5) is 0 Å². The molecule has 4 nitrogen and oxygen atoms in total. The average Bonchev–Trinajstić information content (AvgIpc) is 2.41. The highest BCUT2D eigenvalue weighted by Crippen LogP contribution is 2.29. The molecule has 0 aromatic heterocycles. The normalized spacial score (nSPS) is 9.42. The van der Waals surface area contributed by atoms with Crippen LogP contribution in [0.5, 0.6) is 11.5 Å². The number of para-hydroxylation sites is 2. The van der Waals surface area contributed by atoms with Gasteiger partial charge < -0.3 is 14.8 Å². The van der Waals surface area contributed by atoms with E-state index >= 15 is 0 Å². The molecule has 5 heteroatoms. The summed E-state index contributed by atoms with van der Waals surface area (Å²) in [4.78, 5) is 0.